The second kappa shape index (κ2) is 6.81. The van der Waals surface area contributed by atoms with Crippen molar-refractivity contribution in [2.24, 2.45) is 0 Å². The van der Waals surface area contributed by atoms with Gasteiger partial charge in [0.15, 0.2) is 0 Å². The van der Waals surface area contributed by atoms with Crippen molar-refractivity contribution in [1.82, 2.24) is 10.3 Å². The smallest absolute Gasteiger partial charge is 0.354 e. The quantitative estimate of drug-likeness (QED) is 0.562. The van der Waals surface area contributed by atoms with E-state index in [4.69, 9.17) is 5.11 Å². The number of hydrogen-bond acceptors (Lipinski definition) is 5. The minimum atomic E-state index is -1.30. The van der Waals surface area contributed by atoms with E-state index in [1.54, 1.807) is 0 Å². The first-order valence-corrected chi connectivity index (χ1v) is 5.72. The van der Waals surface area contributed by atoms with E-state index in [1.807, 2.05) is 0 Å². The van der Waals surface area contributed by atoms with E-state index < -0.39 is 18.2 Å². The normalized spacial score (nSPS) is 13.6. The van der Waals surface area contributed by atoms with Crippen LogP contribution in [-0.4, -0.2) is 44.8 Å². The molecule has 0 radical (unpaired) electrons. The van der Waals surface area contributed by atoms with E-state index in [-0.39, 0.29) is 30.3 Å². The lowest BCUT2D eigenvalue weighted by molar-refractivity contribution is -0.119. The monoisotopic (exact) mass is 268 g/mol. The van der Waals surface area contributed by atoms with Gasteiger partial charge in [-0.25, -0.2) is 9.78 Å². The fourth-order valence-corrected chi connectivity index (χ4v) is 1.49. The molecule has 19 heavy (non-hydrogen) atoms. The summed E-state index contributed by atoms with van der Waals surface area (Å²) in [7, 11) is 0. The summed E-state index contributed by atoms with van der Waals surface area (Å²) in [4.78, 5) is 25.1. The Bertz CT molecular complexity index is 463. The van der Waals surface area contributed by atoms with Gasteiger partial charge in [0.2, 0.25) is 5.91 Å². The molecule has 1 rings (SSSR count). The highest BCUT2D eigenvalue weighted by Crippen LogP contribution is 2.17. The Hall–Kier alpha value is -1.99. The standard InChI is InChI=1S/C12H16N2O5/c1-7(15)13-6-5-10(16)11(17)8-3-2-4-9(14-8)12(18)19/h2-4,10-11,16-17H,5-6H2,1H3,(H,13,15)(H,18,19). The van der Waals surface area contributed by atoms with Crippen LogP contribution in [0.25, 0.3) is 0 Å². The Labute approximate surface area is 109 Å². The highest BCUT2D eigenvalue weighted by Gasteiger charge is 2.20. The minimum Gasteiger partial charge on any atom is -0.477 e. The number of pyridine rings is 1. The third-order valence-electron chi connectivity index (χ3n) is 2.47. The van der Waals surface area contributed by atoms with Crippen LogP contribution in [0.15, 0.2) is 18.2 Å². The molecular weight excluding hydrogens is 252 g/mol. The zero-order valence-corrected chi connectivity index (χ0v) is 10.4. The van der Waals surface area contributed by atoms with Crippen molar-refractivity contribution in [3.05, 3.63) is 29.6 Å². The van der Waals surface area contributed by atoms with Crippen LogP contribution >= 0.6 is 0 Å². The second-order valence-corrected chi connectivity index (χ2v) is 4.04. The van der Waals surface area contributed by atoms with Gasteiger partial charge in [0.25, 0.3) is 0 Å². The topological polar surface area (TPSA) is 120 Å². The molecule has 0 aliphatic carbocycles. The van der Waals surface area contributed by atoms with Gasteiger partial charge in [-0.3, -0.25) is 4.79 Å². The molecule has 104 valence electrons. The molecule has 1 amide bonds. The summed E-state index contributed by atoms with van der Waals surface area (Å²) in [5, 5.41) is 30.8. The SMILES string of the molecule is CC(=O)NCCC(O)C(O)c1cccc(C(=O)O)n1. The molecule has 0 saturated carbocycles. The molecule has 2 atom stereocenters. The summed E-state index contributed by atoms with van der Waals surface area (Å²) in [5.41, 5.74) is -0.124. The maximum atomic E-state index is 10.7. The first-order valence-electron chi connectivity index (χ1n) is 5.72. The number of carboxylic acids is 1. The van der Waals surface area contributed by atoms with Crippen LogP contribution in [0.3, 0.4) is 0 Å². The van der Waals surface area contributed by atoms with E-state index in [9.17, 15) is 19.8 Å². The van der Waals surface area contributed by atoms with Crippen LogP contribution in [-0.2, 0) is 4.79 Å². The number of aromatic nitrogens is 1. The van der Waals surface area contributed by atoms with Crippen molar-refractivity contribution in [2.75, 3.05) is 6.54 Å². The predicted octanol–water partition coefficient (Wildman–Crippen LogP) is -0.300. The lowest BCUT2D eigenvalue weighted by atomic mass is 10.1. The second-order valence-electron chi connectivity index (χ2n) is 4.04. The van der Waals surface area contributed by atoms with E-state index in [2.05, 4.69) is 10.3 Å². The van der Waals surface area contributed by atoms with Gasteiger partial charge in [-0.2, -0.15) is 0 Å². The number of aromatic carboxylic acids is 1. The number of aliphatic hydroxyl groups is 2. The van der Waals surface area contributed by atoms with E-state index in [1.165, 1.54) is 25.1 Å². The maximum Gasteiger partial charge on any atom is 0.354 e. The average molecular weight is 268 g/mol. The van der Waals surface area contributed by atoms with Crippen molar-refractivity contribution >= 4 is 11.9 Å². The Morgan fingerprint density at radius 1 is 1.37 bits per heavy atom. The summed E-state index contributed by atoms with van der Waals surface area (Å²) in [6.07, 6.45) is -2.30. The summed E-state index contributed by atoms with van der Waals surface area (Å²) in [6, 6.07) is 4.16. The van der Waals surface area contributed by atoms with Crippen LogP contribution in [0, 0.1) is 0 Å². The van der Waals surface area contributed by atoms with Crippen LogP contribution < -0.4 is 5.32 Å². The van der Waals surface area contributed by atoms with Crippen LogP contribution in [0.4, 0.5) is 0 Å². The van der Waals surface area contributed by atoms with Crippen LogP contribution in [0.1, 0.15) is 35.6 Å². The van der Waals surface area contributed by atoms with Crippen molar-refractivity contribution in [3.63, 3.8) is 0 Å². The molecule has 0 aliphatic rings. The highest BCUT2D eigenvalue weighted by molar-refractivity contribution is 5.85. The van der Waals surface area contributed by atoms with E-state index >= 15 is 0 Å². The molecule has 7 nitrogen and oxygen atoms in total. The minimum absolute atomic E-state index is 0.0789. The van der Waals surface area contributed by atoms with E-state index in [0.29, 0.717) is 0 Å². The van der Waals surface area contributed by atoms with Gasteiger partial charge >= 0.3 is 5.97 Å². The molecule has 0 aliphatic heterocycles. The molecule has 0 bridgehead atoms. The van der Waals surface area contributed by atoms with Crippen molar-refractivity contribution < 1.29 is 24.9 Å². The summed E-state index contributed by atoms with van der Waals surface area (Å²) >= 11 is 0. The highest BCUT2D eigenvalue weighted by atomic mass is 16.4. The molecule has 1 aromatic rings. The van der Waals surface area contributed by atoms with Gasteiger partial charge in [0.05, 0.1) is 11.8 Å². The first-order chi connectivity index (χ1) is 8.91. The Morgan fingerprint density at radius 2 is 2.05 bits per heavy atom. The van der Waals surface area contributed by atoms with Gasteiger partial charge in [0, 0.05) is 13.5 Å². The number of aliphatic hydroxyl groups excluding tert-OH is 2. The van der Waals surface area contributed by atoms with E-state index in [0.717, 1.165) is 0 Å². The molecule has 1 heterocycles. The summed E-state index contributed by atoms with van der Waals surface area (Å²) < 4.78 is 0. The molecule has 2 unspecified atom stereocenters. The third-order valence-corrected chi connectivity index (χ3v) is 2.47. The fourth-order valence-electron chi connectivity index (χ4n) is 1.49. The molecule has 1 aromatic heterocycles. The Kier molecular flexibility index (Phi) is 5.40. The number of rotatable bonds is 6. The Morgan fingerprint density at radius 3 is 2.63 bits per heavy atom. The number of carbonyl (C=O) groups is 2. The number of carboxylic acid groups (broad SMARTS) is 1. The van der Waals surface area contributed by atoms with Crippen molar-refractivity contribution in [1.29, 1.82) is 0 Å². The van der Waals surface area contributed by atoms with Crippen molar-refractivity contribution in [2.45, 2.75) is 25.6 Å². The number of nitrogens with zero attached hydrogens (tertiary/aromatic N) is 1. The zero-order chi connectivity index (χ0) is 14.4. The molecule has 0 aromatic carbocycles. The largest absolute Gasteiger partial charge is 0.477 e. The van der Waals surface area contributed by atoms with Gasteiger partial charge in [-0.05, 0) is 18.6 Å². The molecule has 0 spiro atoms. The zero-order valence-electron chi connectivity index (χ0n) is 10.4. The lowest BCUT2D eigenvalue weighted by Crippen LogP contribution is -2.28. The molecule has 4 N–H and O–H groups in total. The number of nitrogens with one attached hydrogen (secondary N) is 1. The predicted molar refractivity (Wildman–Crippen MR) is 65.5 cm³/mol. The Balaban J connectivity index is 2.65. The number of amides is 1. The molecule has 0 saturated heterocycles. The lowest BCUT2D eigenvalue weighted by Gasteiger charge is -2.17. The third kappa shape index (κ3) is 4.65. The van der Waals surface area contributed by atoms with Crippen LogP contribution in [0.2, 0.25) is 0 Å². The summed E-state index contributed by atoms with van der Waals surface area (Å²) in [5.74, 6) is -1.44. The maximum absolute atomic E-state index is 10.7. The molecule has 0 fully saturated rings. The fraction of sp³-hybridized carbons (Fsp3) is 0.417. The summed E-state index contributed by atoms with van der Waals surface area (Å²) in [6.45, 7) is 1.56. The number of carbonyl (C=O) groups excluding carboxylic acids is 1. The van der Waals surface area contributed by atoms with Crippen LogP contribution in [0.5, 0.6) is 0 Å². The average Bonchev–Trinajstić information content (AvgIpc) is 2.37. The van der Waals surface area contributed by atoms with Gasteiger partial charge in [0.1, 0.15) is 11.8 Å². The molecule has 7 heteroatoms. The number of hydrogen-bond donors (Lipinski definition) is 4. The van der Waals surface area contributed by atoms with Gasteiger partial charge in [-0.15, -0.1) is 0 Å². The van der Waals surface area contributed by atoms with Crippen molar-refractivity contribution in [3.8, 4) is 0 Å². The van der Waals surface area contributed by atoms with Gasteiger partial charge < -0.3 is 20.6 Å². The molecular formula is C12H16N2O5. The van der Waals surface area contributed by atoms with Gasteiger partial charge in [-0.1, -0.05) is 6.07 Å². The first kappa shape index (κ1) is 15.1.